The number of hydrogen-bond acceptors (Lipinski definition) is 4. The summed E-state index contributed by atoms with van der Waals surface area (Å²) in [5.74, 6) is 1.65. The first-order chi connectivity index (χ1) is 9.81. The highest BCUT2D eigenvalue weighted by Crippen LogP contribution is 2.23. The van der Waals surface area contributed by atoms with E-state index < -0.39 is 0 Å². The quantitative estimate of drug-likeness (QED) is 0.491. The average Bonchev–Trinajstić information content (AvgIpc) is 2.86. The smallest absolute Gasteiger partial charge is 0.256 e. The molecule has 0 aliphatic carbocycles. The van der Waals surface area contributed by atoms with Crippen molar-refractivity contribution in [1.29, 1.82) is 0 Å². The lowest BCUT2D eigenvalue weighted by molar-refractivity contribution is 0.343. The second kappa shape index (κ2) is 6.33. The lowest BCUT2D eigenvalue weighted by atomic mass is 10.3. The fraction of sp³-hybridized carbons (Fsp3) is 0.133. The standard InChI is InChI=1S/C15H12BrNO2S/c16-11-4-3-5-12(10-11)18-8-9-20-15-17-13-6-1-2-7-14(13)19-15/h1-7,10H,8-9H2. The van der Waals surface area contributed by atoms with Crippen molar-refractivity contribution in [2.75, 3.05) is 12.4 Å². The Kier molecular flexibility index (Phi) is 4.28. The van der Waals surface area contributed by atoms with Gasteiger partial charge >= 0.3 is 0 Å². The second-order valence-corrected chi connectivity index (χ2v) is 6.06. The second-order valence-electron chi connectivity index (χ2n) is 4.10. The first-order valence-corrected chi connectivity index (χ1v) is 7.96. The Morgan fingerprint density at radius 1 is 1.15 bits per heavy atom. The van der Waals surface area contributed by atoms with E-state index in [2.05, 4.69) is 20.9 Å². The van der Waals surface area contributed by atoms with Crippen LogP contribution in [-0.4, -0.2) is 17.3 Å². The third-order valence-corrected chi connectivity index (χ3v) is 3.93. The molecule has 0 amide bonds. The van der Waals surface area contributed by atoms with Gasteiger partial charge in [-0.05, 0) is 30.3 Å². The van der Waals surface area contributed by atoms with Gasteiger partial charge in [0, 0.05) is 10.2 Å². The molecule has 102 valence electrons. The Labute approximate surface area is 129 Å². The van der Waals surface area contributed by atoms with Gasteiger partial charge in [-0.2, -0.15) is 0 Å². The van der Waals surface area contributed by atoms with Gasteiger partial charge in [0.15, 0.2) is 5.58 Å². The summed E-state index contributed by atoms with van der Waals surface area (Å²) >= 11 is 4.97. The van der Waals surface area contributed by atoms with E-state index in [-0.39, 0.29) is 0 Å². The van der Waals surface area contributed by atoms with E-state index in [1.54, 1.807) is 11.8 Å². The van der Waals surface area contributed by atoms with Crippen LogP contribution in [0.15, 0.2) is 62.6 Å². The predicted octanol–water partition coefficient (Wildman–Crippen LogP) is 4.76. The molecule has 0 radical (unpaired) electrons. The molecule has 0 saturated carbocycles. The van der Waals surface area contributed by atoms with Crippen molar-refractivity contribution in [1.82, 2.24) is 4.98 Å². The maximum absolute atomic E-state index is 5.66. The van der Waals surface area contributed by atoms with Gasteiger partial charge in [-0.3, -0.25) is 0 Å². The lowest BCUT2D eigenvalue weighted by Crippen LogP contribution is -1.99. The summed E-state index contributed by atoms with van der Waals surface area (Å²) in [7, 11) is 0. The summed E-state index contributed by atoms with van der Waals surface area (Å²) in [6.45, 7) is 0.611. The van der Waals surface area contributed by atoms with Crippen molar-refractivity contribution >= 4 is 38.8 Å². The molecule has 0 spiro atoms. The molecule has 0 atom stereocenters. The van der Waals surface area contributed by atoms with E-state index in [9.17, 15) is 0 Å². The minimum atomic E-state index is 0.611. The third-order valence-electron chi connectivity index (χ3n) is 2.65. The molecule has 0 fully saturated rings. The van der Waals surface area contributed by atoms with E-state index in [0.29, 0.717) is 11.8 Å². The number of para-hydroxylation sites is 2. The van der Waals surface area contributed by atoms with Gasteiger partial charge in [-0.1, -0.05) is 45.9 Å². The van der Waals surface area contributed by atoms with Gasteiger partial charge in [-0.25, -0.2) is 4.98 Å². The Morgan fingerprint density at radius 3 is 2.90 bits per heavy atom. The van der Waals surface area contributed by atoms with Gasteiger partial charge in [0.2, 0.25) is 0 Å². The van der Waals surface area contributed by atoms with Crippen LogP contribution in [0.2, 0.25) is 0 Å². The highest BCUT2D eigenvalue weighted by Gasteiger charge is 2.05. The van der Waals surface area contributed by atoms with Crippen molar-refractivity contribution in [3.05, 3.63) is 53.0 Å². The Bertz CT molecular complexity index is 681. The van der Waals surface area contributed by atoms with Crippen molar-refractivity contribution in [2.24, 2.45) is 0 Å². The average molecular weight is 350 g/mol. The lowest BCUT2D eigenvalue weighted by Gasteiger charge is -2.04. The van der Waals surface area contributed by atoms with Crippen LogP contribution in [0.1, 0.15) is 0 Å². The number of thioether (sulfide) groups is 1. The van der Waals surface area contributed by atoms with Gasteiger partial charge < -0.3 is 9.15 Å². The maximum Gasteiger partial charge on any atom is 0.256 e. The molecule has 0 saturated heterocycles. The summed E-state index contributed by atoms with van der Waals surface area (Å²) in [5, 5.41) is 0.684. The number of rotatable bonds is 5. The molecule has 1 heterocycles. The maximum atomic E-state index is 5.66. The van der Waals surface area contributed by atoms with E-state index in [4.69, 9.17) is 9.15 Å². The summed E-state index contributed by atoms with van der Waals surface area (Å²) in [5.41, 5.74) is 1.71. The first kappa shape index (κ1) is 13.5. The number of aromatic nitrogens is 1. The normalized spacial score (nSPS) is 10.8. The number of hydrogen-bond donors (Lipinski definition) is 0. The van der Waals surface area contributed by atoms with Gasteiger partial charge in [-0.15, -0.1) is 0 Å². The molecular formula is C15H12BrNO2S. The van der Waals surface area contributed by atoms with Crippen molar-refractivity contribution in [3.8, 4) is 5.75 Å². The molecular weight excluding hydrogens is 338 g/mol. The largest absolute Gasteiger partial charge is 0.493 e. The van der Waals surface area contributed by atoms with Crippen LogP contribution >= 0.6 is 27.7 Å². The third kappa shape index (κ3) is 3.35. The topological polar surface area (TPSA) is 35.3 Å². The van der Waals surface area contributed by atoms with Crippen LogP contribution in [0.3, 0.4) is 0 Å². The van der Waals surface area contributed by atoms with Crippen LogP contribution in [0, 0.1) is 0 Å². The number of benzene rings is 2. The molecule has 2 aromatic carbocycles. The zero-order valence-corrected chi connectivity index (χ0v) is 13.0. The first-order valence-electron chi connectivity index (χ1n) is 6.18. The van der Waals surface area contributed by atoms with E-state index >= 15 is 0 Å². The van der Waals surface area contributed by atoms with Gasteiger partial charge in [0.1, 0.15) is 11.3 Å². The van der Waals surface area contributed by atoms with E-state index in [0.717, 1.165) is 27.1 Å². The minimum Gasteiger partial charge on any atom is -0.493 e. The number of oxazole rings is 1. The SMILES string of the molecule is Brc1cccc(OCCSc2nc3ccccc3o2)c1. The molecule has 0 bridgehead atoms. The fourth-order valence-electron chi connectivity index (χ4n) is 1.76. The molecule has 3 aromatic rings. The van der Waals surface area contributed by atoms with E-state index in [1.165, 1.54) is 0 Å². The Hall–Kier alpha value is -1.46. The molecule has 0 unspecified atom stereocenters. The molecule has 20 heavy (non-hydrogen) atoms. The van der Waals surface area contributed by atoms with Crippen LogP contribution in [0.5, 0.6) is 5.75 Å². The van der Waals surface area contributed by atoms with E-state index in [1.807, 2.05) is 48.5 Å². The molecule has 0 aliphatic heterocycles. The number of nitrogens with zero attached hydrogens (tertiary/aromatic N) is 1. The number of ether oxygens (including phenoxy) is 1. The highest BCUT2D eigenvalue weighted by molar-refractivity contribution is 9.10. The Morgan fingerprint density at radius 2 is 2.05 bits per heavy atom. The zero-order valence-electron chi connectivity index (χ0n) is 10.6. The van der Waals surface area contributed by atoms with Crippen molar-refractivity contribution < 1.29 is 9.15 Å². The molecule has 1 aromatic heterocycles. The van der Waals surface area contributed by atoms with Crippen LogP contribution in [-0.2, 0) is 0 Å². The van der Waals surface area contributed by atoms with Crippen LogP contribution < -0.4 is 4.74 Å². The minimum absolute atomic E-state index is 0.611. The van der Waals surface area contributed by atoms with Gasteiger partial charge in [0.05, 0.1) is 6.61 Å². The molecule has 0 aliphatic rings. The number of fused-ring (bicyclic) bond motifs is 1. The summed E-state index contributed by atoms with van der Waals surface area (Å²) in [6.07, 6.45) is 0. The fourth-order valence-corrected chi connectivity index (χ4v) is 2.79. The Balaban J connectivity index is 1.52. The van der Waals surface area contributed by atoms with Gasteiger partial charge in [0.25, 0.3) is 5.22 Å². The van der Waals surface area contributed by atoms with Crippen molar-refractivity contribution in [2.45, 2.75) is 5.22 Å². The van der Waals surface area contributed by atoms with Crippen LogP contribution in [0.25, 0.3) is 11.1 Å². The number of halogens is 1. The summed E-state index contributed by atoms with van der Waals surface area (Å²) < 4.78 is 12.3. The highest BCUT2D eigenvalue weighted by atomic mass is 79.9. The summed E-state index contributed by atoms with van der Waals surface area (Å²) in [6, 6.07) is 15.6. The molecule has 3 rings (SSSR count). The predicted molar refractivity (Wildman–Crippen MR) is 84.4 cm³/mol. The zero-order chi connectivity index (χ0) is 13.8. The molecule has 3 nitrogen and oxygen atoms in total. The van der Waals surface area contributed by atoms with Crippen LogP contribution in [0.4, 0.5) is 0 Å². The molecule has 5 heteroatoms. The van der Waals surface area contributed by atoms with Crippen molar-refractivity contribution in [3.63, 3.8) is 0 Å². The summed E-state index contributed by atoms with van der Waals surface area (Å²) in [4.78, 5) is 4.40. The molecule has 0 N–H and O–H groups in total. The monoisotopic (exact) mass is 349 g/mol.